The van der Waals surface area contributed by atoms with Crippen molar-refractivity contribution in [2.45, 2.75) is 19.4 Å². The molecule has 0 saturated heterocycles. The number of carboxylic acids is 1. The topological polar surface area (TPSA) is 66.4 Å². The average Bonchev–Trinajstić information content (AvgIpc) is 2.48. The molecule has 0 radical (unpaired) electrons. The summed E-state index contributed by atoms with van der Waals surface area (Å²) in [5.74, 6) is -2.04. The van der Waals surface area contributed by atoms with Gasteiger partial charge < -0.3 is 14.6 Å². The fourth-order valence-corrected chi connectivity index (χ4v) is 2.07. The second-order valence-corrected chi connectivity index (χ2v) is 4.74. The first-order valence-corrected chi connectivity index (χ1v) is 6.63. The molecular formula is C17H15NaO4. The summed E-state index contributed by atoms with van der Waals surface area (Å²) in [6.45, 7) is 1.77. The third-order valence-electron chi connectivity index (χ3n) is 3.04. The Morgan fingerprint density at radius 3 is 2.14 bits per heavy atom. The molecule has 0 saturated carbocycles. The number of carbonyl (C=O) groups excluding carboxylic acids is 2. The van der Waals surface area contributed by atoms with Crippen molar-refractivity contribution in [3.8, 4) is 0 Å². The van der Waals surface area contributed by atoms with Gasteiger partial charge in [0.05, 0.1) is 11.5 Å². The minimum absolute atomic E-state index is 0. The molecule has 2 aromatic carbocycles. The predicted molar refractivity (Wildman–Crippen MR) is 75.8 cm³/mol. The Morgan fingerprint density at radius 1 is 1.00 bits per heavy atom. The van der Waals surface area contributed by atoms with Crippen LogP contribution < -0.4 is 34.7 Å². The number of carbonyl (C=O) groups is 2. The summed E-state index contributed by atoms with van der Waals surface area (Å²) < 4.78 is 5.30. The molecule has 0 aromatic heterocycles. The van der Waals surface area contributed by atoms with Crippen molar-refractivity contribution in [3.63, 3.8) is 0 Å². The van der Waals surface area contributed by atoms with Crippen LogP contribution in [0.25, 0.3) is 0 Å². The van der Waals surface area contributed by atoms with Gasteiger partial charge in [-0.1, -0.05) is 48.5 Å². The Labute approximate surface area is 151 Å². The number of ether oxygens (including phenoxy) is 1. The van der Waals surface area contributed by atoms with Crippen LogP contribution in [0.2, 0.25) is 0 Å². The number of carboxylic acid groups (broad SMARTS) is 1. The summed E-state index contributed by atoms with van der Waals surface area (Å²) in [6, 6.07) is 15.5. The molecule has 0 aliphatic heterocycles. The Balaban J connectivity index is 0.00000242. The molecular weight excluding hydrogens is 291 g/mol. The van der Waals surface area contributed by atoms with Crippen LogP contribution in [0, 0.1) is 0 Å². The molecule has 0 fully saturated rings. The minimum atomic E-state index is -1.39. The molecule has 0 amide bonds. The summed E-state index contributed by atoms with van der Waals surface area (Å²) in [6.07, 6.45) is 0.217. The fraction of sp³-hybridized carbons (Fsp3) is 0.176. The maximum Gasteiger partial charge on any atom is 1.00 e. The number of aromatic carboxylic acids is 1. The Bertz CT molecular complexity index is 640. The zero-order valence-electron chi connectivity index (χ0n) is 12.6. The van der Waals surface area contributed by atoms with Crippen LogP contribution in [-0.2, 0) is 11.2 Å². The molecule has 4 nitrogen and oxygen atoms in total. The third kappa shape index (κ3) is 4.98. The van der Waals surface area contributed by atoms with E-state index < -0.39 is 11.9 Å². The fourth-order valence-electron chi connectivity index (χ4n) is 2.07. The van der Waals surface area contributed by atoms with E-state index in [0.717, 1.165) is 5.56 Å². The van der Waals surface area contributed by atoms with E-state index in [2.05, 4.69) is 0 Å². The molecule has 1 atom stereocenters. The van der Waals surface area contributed by atoms with Gasteiger partial charge in [0, 0.05) is 12.0 Å². The molecule has 2 aromatic rings. The van der Waals surface area contributed by atoms with Crippen molar-refractivity contribution in [3.05, 3.63) is 71.3 Å². The van der Waals surface area contributed by atoms with Gasteiger partial charge in [-0.2, -0.15) is 0 Å². The molecule has 2 rings (SSSR count). The van der Waals surface area contributed by atoms with Crippen LogP contribution in [0.1, 0.15) is 33.2 Å². The van der Waals surface area contributed by atoms with Crippen LogP contribution >= 0.6 is 0 Å². The summed E-state index contributed by atoms with van der Waals surface area (Å²) in [5, 5.41) is 11.0. The summed E-state index contributed by atoms with van der Waals surface area (Å²) in [4.78, 5) is 23.0. The van der Waals surface area contributed by atoms with Crippen LogP contribution in [0.4, 0.5) is 0 Å². The van der Waals surface area contributed by atoms with Gasteiger partial charge in [0.1, 0.15) is 6.10 Å². The molecule has 0 aliphatic carbocycles. The van der Waals surface area contributed by atoms with Crippen LogP contribution in [0.3, 0.4) is 0 Å². The van der Waals surface area contributed by atoms with Gasteiger partial charge in [-0.25, -0.2) is 4.79 Å². The van der Waals surface area contributed by atoms with E-state index in [-0.39, 0.29) is 46.8 Å². The van der Waals surface area contributed by atoms with E-state index in [0.29, 0.717) is 6.42 Å². The van der Waals surface area contributed by atoms with Crippen molar-refractivity contribution in [1.29, 1.82) is 0 Å². The number of rotatable bonds is 5. The van der Waals surface area contributed by atoms with Gasteiger partial charge in [0.25, 0.3) is 0 Å². The zero-order valence-corrected chi connectivity index (χ0v) is 14.6. The summed E-state index contributed by atoms with van der Waals surface area (Å²) in [7, 11) is 0. The first kappa shape index (κ1) is 18.4. The molecule has 0 bridgehead atoms. The van der Waals surface area contributed by atoms with Crippen LogP contribution in [0.5, 0.6) is 0 Å². The van der Waals surface area contributed by atoms with Gasteiger partial charge in [0.15, 0.2) is 0 Å². The predicted octanol–water partition coefficient (Wildman–Crippen LogP) is -1.16. The van der Waals surface area contributed by atoms with E-state index in [1.165, 1.54) is 18.2 Å². The van der Waals surface area contributed by atoms with E-state index >= 15 is 0 Å². The van der Waals surface area contributed by atoms with Crippen molar-refractivity contribution in [2.75, 3.05) is 0 Å². The Kier molecular flexibility index (Phi) is 7.32. The van der Waals surface area contributed by atoms with Gasteiger partial charge in [-0.3, -0.25) is 0 Å². The number of esters is 1. The maximum absolute atomic E-state index is 12.1. The number of hydrogen-bond acceptors (Lipinski definition) is 4. The van der Waals surface area contributed by atoms with Gasteiger partial charge in [-0.15, -0.1) is 0 Å². The third-order valence-corrected chi connectivity index (χ3v) is 3.04. The van der Waals surface area contributed by atoms with Crippen molar-refractivity contribution in [1.82, 2.24) is 0 Å². The molecule has 0 N–H and O–H groups in total. The van der Waals surface area contributed by atoms with E-state index in [1.807, 2.05) is 30.3 Å². The quantitative estimate of drug-likeness (QED) is 0.516. The minimum Gasteiger partial charge on any atom is -0.545 e. The average molecular weight is 306 g/mol. The van der Waals surface area contributed by atoms with Gasteiger partial charge in [0.2, 0.25) is 0 Å². The molecule has 108 valence electrons. The first-order chi connectivity index (χ1) is 10.1. The standard InChI is InChI=1S/C17H16O4.Na/c1-12(11-13-7-3-2-4-8-13)21-17(20)15-10-6-5-9-14(15)16(18)19;/h2-10,12H,11H2,1H3,(H,18,19);/q;+1/p-1/t12-;/m0./s1. The maximum atomic E-state index is 12.1. The molecule has 22 heavy (non-hydrogen) atoms. The van der Waals surface area contributed by atoms with Crippen molar-refractivity contribution in [2.24, 2.45) is 0 Å². The van der Waals surface area contributed by atoms with Crippen LogP contribution in [0.15, 0.2) is 54.6 Å². The van der Waals surface area contributed by atoms with Crippen molar-refractivity contribution >= 4 is 11.9 Å². The van der Waals surface area contributed by atoms with Gasteiger partial charge >= 0.3 is 35.5 Å². The van der Waals surface area contributed by atoms with Crippen molar-refractivity contribution < 1.29 is 49.0 Å². The summed E-state index contributed by atoms with van der Waals surface area (Å²) >= 11 is 0. The van der Waals surface area contributed by atoms with E-state index in [4.69, 9.17) is 4.74 Å². The second kappa shape index (κ2) is 8.73. The monoisotopic (exact) mass is 306 g/mol. The van der Waals surface area contributed by atoms with E-state index in [1.54, 1.807) is 13.0 Å². The molecule has 5 heteroatoms. The molecule has 0 unspecified atom stereocenters. The molecule has 0 aliphatic rings. The second-order valence-electron chi connectivity index (χ2n) is 4.74. The van der Waals surface area contributed by atoms with Gasteiger partial charge in [-0.05, 0) is 18.6 Å². The molecule has 0 heterocycles. The Hall–Kier alpha value is -1.62. The Morgan fingerprint density at radius 2 is 1.55 bits per heavy atom. The molecule has 0 spiro atoms. The number of hydrogen-bond donors (Lipinski definition) is 0. The normalized spacial score (nSPS) is 11.1. The smallest absolute Gasteiger partial charge is 0.545 e. The summed E-state index contributed by atoms with van der Waals surface area (Å²) in [5.41, 5.74) is 0.901. The SMILES string of the molecule is C[C@@H](Cc1ccccc1)OC(=O)c1ccccc1C(=O)[O-].[Na+]. The van der Waals surface area contributed by atoms with E-state index in [9.17, 15) is 14.7 Å². The largest absolute Gasteiger partial charge is 1.00 e. The van der Waals surface area contributed by atoms with Crippen LogP contribution in [-0.4, -0.2) is 18.0 Å². The number of benzene rings is 2. The first-order valence-electron chi connectivity index (χ1n) is 6.63. The zero-order chi connectivity index (χ0) is 15.2.